The number of carbonyl (C=O) groups is 2. The highest BCUT2D eigenvalue weighted by Crippen LogP contribution is 2.35. The zero-order chi connectivity index (χ0) is 19.3. The highest BCUT2D eigenvalue weighted by Gasteiger charge is 2.34. The van der Waals surface area contributed by atoms with Gasteiger partial charge in [-0.25, -0.2) is 0 Å². The van der Waals surface area contributed by atoms with E-state index >= 15 is 0 Å². The van der Waals surface area contributed by atoms with Gasteiger partial charge in [-0.15, -0.1) is 11.3 Å². The summed E-state index contributed by atoms with van der Waals surface area (Å²) in [6.07, 6.45) is 1.07. The molecule has 5 heteroatoms. The predicted octanol–water partition coefficient (Wildman–Crippen LogP) is 4.19. The van der Waals surface area contributed by atoms with Gasteiger partial charge in [0.05, 0.1) is 12.5 Å². The Bertz CT molecular complexity index is 954. The molecule has 0 saturated heterocycles. The molecule has 2 amide bonds. The first-order valence-corrected chi connectivity index (χ1v) is 10.3. The molecule has 4 nitrogen and oxygen atoms in total. The second kappa shape index (κ2) is 8.40. The molecule has 142 valence electrons. The van der Waals surface area contributed by atoms with Crippen molar-refractivity contribution in [3.63, 3.8) is 0 Å². The van der Waals surface area contributed by atoms with Gasteiger partial charge in [0, 0.05) is 23.5 Å². The topological polar surface area (TPSA) is 49.4 Å². The fraction of sp³-hybridized carbons (Fsp3) is 0.217. The Balaban J connectivity index is 1.43. The van der Waals surface area contributed by atoms with Crippen molar-refractivity contribution < 1.29 is 9.59 Å². The quantitative estimate of drug-likeness (QED) is 0.657. The molecule has 0 aliphatic carbocycles. The van der Waals surface area contributed by atoms with Crippen molar-refractivity contribution in [3.8, 4) is 0 Å². The molecule has 0 fully saturated rings. The van der Waals surface area contributed by atoms with Crippen LogP contribution in [0.1, 0.15) is 38.8 Å². The van der Waals surface area contributed by atoms with Gasteiger partial charge >= 0.3 is 0 Å². The molecule has 4 rings (SSSR count). The molecule has 2 aromatic carbocycles. The van der Waals surface area contributed by atoms with Crippen molar-refractivity contribution >= 4 is 23.2 Å². The van der Waals surface area contributed by atoms with Crippen LogP contribution in [0.3, 0.4) is 0 Å². The molecule has 2 heterocycles. The fourth-order valence-electron chi connectivity index (χ4n) is 3.61. The zero-order valence-corrected chi connectivity index (χ0v) is 16.3. The number of nitrogens with zero attached hydrogens (tertiary/aromatic N) is 1. The maximum Gasteiger partial charge on any atom is 0.255 e. The molecule has 0 saturated carbocycles. The summed E-state index contributed by atoms with van der Waals surface area (Å²) >= 11 is 1.59. The summed E-state index contributed by atoms with van der Waals surface area (Å²) in [5.41, 5.74) is 2.97. The average molecular weight is 391 g/mol. The highest BCUT2D eigenvalue weighted by atomic mass is 32.1. The van der Waals surface area contributed by atoms with Crippen molar-refractivity contribution in [3.05, 3.63) is 93.7 Å². The highest BCUT2D eigenvalue weighted by molar-refractivity contribution is 7.10. The van der Waals surface area contributed by atoms with Crippen LogP contribution in [0.4, 0.5) is 0 Å². The molecule has 1 aliphatic heterocycles. The van der Waals surface area contributed by atoms with Gasteiger partial charge < -0.3 is 10.2 Å². The summed E-state index contributed by atoms with van der Waals surface area (Å²) in [6.45, 7) is 1.14. The Labute approximate surface area is 168 Å². The molecule has 1 atom stereocenters. The van der Waals surface area contributed by atoms with Crippen molar-refractivity contribution in [2.24, 2.45) is 0 Å². The lowest BCUT2D eigenvalue weighted by Crippen LogP contribution is -2.34. The van der Waals surface area contributed by atoms with Gasteiger partial charge in [0.25, 0.3) is 5.91 Å². The number of rotatable bonds is 7. The van der Waals surface area contributed by atoms with Crippen LogP contribution in [0.5, 0.6) is 0 Å². The number of carbonyl (C=O) groups excluding carboxylic acids is 2. The summed E-state index contributed by atoms with van der Waals surface area (Å²) in [6, 6.07) is 21.5. The Morgan fingerprint density at radius 1 is 1.04 bits per heavy atom. The maximum absolute atomic E-state index is 12.9. The van der Waals surface area contributed by atoms with Gasteiger partial charge in [-0.2, -0.15) is 0 Å². The molecule has 0 spiro atoms. The molecular weight excluding hydrogens is 368 g/mol. The standard InChI is InChI=1S/C23H22N2O2S/c26-22(24-13-12-17-7-2-1-3-8-17)15-20(21-11-6-14-28-21)25-16-18-9-4-5-10-19(18)23(25)27/h1-11,14,20H,12-13,15-16H2,(H,24,26). The number of hydrogen-bond acceptors (Lipinski definition) is 3. The second-order valence-electron chi connectivity index (χ2n) is 6.91. The third-order valence-electron chi connectivity index (χ3n) is 5.05. The minimum atomic E-state index is -0.239. The Hall–Kier alpha value is -2.92. The van der Waals surface area contributed by atoms with E-state index in [-0.39, 0.29) is 24.3 Å². The van der Waals surface area contributed by atoms with Gasteiger partial charge in [-0.1, -0.05) is 54.6 Å². The van der Waals surface area contributed by atoms with E-state index < -0.39 is 0 Å². The van der Waals surface area contributed by atoms with Crippen molar-refractivity contribution in [2.75, 3.05) is 6.54 Å². The van der Waals surface area contributed by atoms with Crippen LogP contribution >= 0.6 is 11.3 Å². The fourth-order valence-corrected chi connectivity index (χ4v) is 4.45. The Morgan fingerprint density at radius 3 is 2.57 bits per heavy atom. The molecule has 1 aromatic heterocycles. The molecule has 1 aliphatic rings. The Morgan fingerprint density at radius 2 is 1.82 bits per heavy atom. The van der Waals surface area contributed by atoms with Gasteiger partial charge in [-0.3, -0.25) is 9.59 Å². The zero-order valence-electron chi connectivity index (χ0n) is 15.5. The van der Waals surface area contributed by atoms with E-state index in [0.29, 0.717) is 13.1 Å². The summed E-state index contributed by atoms with van der Waals surface area (Å²) in [5.74, 6) is -0.0239. The molecule has 1 N–H and O–H groups in total. The SMILES string of the molecule is O=C(CC(c1cccs1)N1Cc2ccccc2C1=O)NCCc1ccccc1. The molecule has 1 unspecified atom stereocenters. The monoisotopic (exact) mass is 390 g/mol. The van der Waals surface area contributed by atoms with E-state index in [1.54, 1.807) is 11.3 Å². The lowest BCUT2D eigenvalue weighted by molar-refractivity contribution is -0.122. The van der Waals surface area contributed by atoms with Crippen LogP contribution < -0.4 is 5.32 Å². The first-order valence-electron chi connectivity index (χ1n) is 9.45. The number of fused-ring (bicyclic) bond motifs is 1. The van der Waals surface area contributed by atoms with Crippen LogP contribution in [0.15, 0.2) is 72.1 Å². The third-order valence-corrected chi connectivity index (χ3v) is 6.03. The third kappa shape index (κ3) is 3.99. The smallest absolute Gasteiger partial charge is 0.255 e. The lowest BCUT2D eigenvalue weighted by Gasteiger charge is -2.26. The van der Waals surface area contributed by atoms with E-state index in [2.05, 4.69) is 17.4 Å². The van der Waals surface area contributed by atoms with Crippen LogP contribution in [0, 0.1) is 0 Å². The van der Waals surface area contributed by atoms with Crippen LogP contribution in [-0.4, -0.2) is 23.3 Å². The minimum absolute atomic E-state index is 0.00563. The summed E-state index contributed by atoms with van der Waals surface area (Å²) in [5, 5.41) is 5.00. The van der Waals surface area contributed by atoms with E-state index in [9.17, 15) is 9.59 Å². The van der Waals surface area contributed by atoms with Gasteiger partial charge in [0.1, 0.15) is 0 Å². The van der Waals surface area contributed by atoms with E-state index in [1.807, 2.05) is 64.9 Å². The number of nitrogens with one attached hydrogen (secondary N) is 1. The molecule has 0 bridgehead atoms. The van der Waals surface area contributed by atoms with Crippen molar-refractivity contribution in [2.45, 2.75) is 25.4 Å². The second-order valence-corrected chi connectivity index (χ2v) is 7.89. The van der Waals surface area contributed by atoms with E-state index in [0.717, 1.165) is 22.4 Å². The van der Waals surface area contributed by atoms with Gasteiger partial charge in [0.2, 0.25) is 5.91 Å². The Kier molecular flexibility index (Phi) is 5.53. The first kappa shape index (κ1) is 18.4. The van der Waals surface area contributed by atoms with Crippen molar-refractivity contribution in [1.82, 2.24) is 10.2 Å². The summed E-state index contributed by atoms with van der Waals surface area (Å²) in [4.78, 5) is 28.4. The number of benzene rings is 2. The van der Waals surface area contributed by atoms with Gasteiger partial charge in [0.15, 0.2) is 0 Å². The van der Waals surface area contributed by atoms with Crippen LogP contribution in [0.25, 0.3) is 0 Å². The summed E-state index contributed by atoms with van der Waals surface area (Å²) in [7, 11) is 0. The number of thiophene rings is 1. The number of amides is 2. The van der Waals surface area contributed by atoms with Crippen LogP contribution in [0.2, 0.25) is 0 Å². The van der Waals surface area contributed by atoms with Crippen LogP contribution in [-0.2, 0) is 17.8 Å². The van der Waals surface area contributed by atoms with Crippen molar-refractivity contribution in [1.29, 1.82) is 0 Å². The molecule has 0 radical (unpaired) electrons. The maximum atomic E-state index is 12.9. The molecule has 28 heavy (non-hydrogen) atoms. The molecular formula is C23H22N2O2S. The lowest BCUT2D eigenvalue weighted by atomic mass is 10.1. The summed E-state index contributed by atoms with van der Waals surface area (Å²) < 4.78 is 0. The largest absolute Gasteiger partial charge is 0.356 e. The van der Waals surface area contributed by atoms with E-state index in [1.165, 1.54) is 5.56 Å². The van der Waals surface area contributed by atoms with E-state index in [4.69, 9.17) is 0 Å². The minimum Gasteiger partial charge on any atom is -0.356 e. The number of hydrogen-bond donors (Lipinski definition) is 1. The first-order chi connectivity index (χ1) is 13.7. The average Bonchev–Trinajstić information content (AvgIpc) is 3.36. The van der Waals surface area contributed by atoms with Gasteiger partial charge in [-0.05, 0) is 35.1 Å². The predicted molar refractivity (Wildman–Crippen MR) is 111 cm³/mol. The molecule has 3 aromatic rings. The normalized spacial score (nSPS) is 14.0.